The minimum Gasteiger partial charge on any atom is -0.508 e. The van der Waals surface area contributed by atoms with Gasteiger partial charge < -0.3 is 19.7 Å². The van der Waals surface area contributed by atoms with Crippen LogP contribution in [0.4, 0.5) is 14.6 Å². The molecule has 2 aromatic carbocycles. The molecule has 2 N–H and O–H groups in total. The summed E-state index contributed by atoms with van der Waals surface area (Å²) in [5.74, 6) is -1.23. The number of carbonyl (C=O) groups is 1. The number of rotatable bonds is 10. The van der Waals surface area contributed by atoms with E-state index in [-0.39, 0.29) is 42.5 Å². The summed E-state index contributed by atoms with van der Waals surface area (Å²) < 4.78 is 40.6. The number of anilines is 1. The van der Waals surface area contributed by atoms with E-state index in [9.17, 15) is 18.7 Å². The van der Waals surface area contributed by atoms with Crippen LogP contribution in [0.25, 0.3) is 22.9 Å². The number of benzene rings is 2. The molecule has 3 heterocycles. The first-order valence-electron chi connectivity index (χ1n) is 11.4. The van der Waals surface area contributed by atoms with E-state index in [1.54, 1.807) is 42.5 Å². The van der Waals surface area contributed by atoms with Gasteiger partial charge in [-0.1, -0.05) is 35.5 Å². The number of nitrogens with one attached hydrogen (secondary N) is 1. The summed E-state index contributed by atoms with van der Waals surface area (Å²) in [6, 6.07) is 15.8. The maximum Gasteiger partial charge on any atom is 0.295 e. The zero-order valence-electron chi connectivity index (χ0n) is 19.7. The third-order valence-electron chi connectivity index (χ3n) is 5.61. The molecule has 0 radical (unpaired) electrons. The molecule has 0 fully saturated rings. The van der Waals surface area contributed by atoms with Crippen LogP contribution < -0.4 is 5.32 Å². The van der Waals surface area contributed by atoms with Crippen molar-refractivity contribution in [1.82, 2.24) is 24.9 Å². The maximum atomic E-state index is 14.7. The molecule has 38 heavy (non-hydrogen) atoms. The van der Waals surface area contributed by atoms with Crippen LogP contribution in [-0.2, 0) is 22.5 Å². The number of nitrogens with zero attached hydrogens (tertiary/aromatic N) is 5. The highest BCUT2D eigenvalue weighted by molar-refractivity contribution is 5.63. The molecule has 0 aliphatic rings. The zero-order valence-corrected chi connectivity index (χ0v) is 19.7. The van der Waals surface area contributed by atoms with E-state index in [4.69, 9.17) is 9.26 Å². The van der Waals surface area contributed by atoms with Crippen molar-refractivity contribution in [3.05, 3.63) is 95.9 Å². The summed E-state index contributed by atoms with van der Waals surface area (Å²) in [5, 5.41) is 20.7. The molecule has 5 aromatic rings. The van der Waals surface area contributed by atoms with Gasteiger partial charge in [-0.3, -0.25) is 9.48 Å². The van der Waals surface area contributed by atoms with Crippen molar-refractivity contribution in [2.24, 2.45) is 0 Å². The lowest BCUT2D eigenvalue weighted by Crippen LogP contribution is -2.26. The molecule has 1 atom stereocenters. The molecule has 0 aliphatic heterocycles. The quantitative estimate of drug-likeness (QED) is 0.207. The van der Waals surface area contributed by atoms with Crippen LogP contribution in [0.2, 0.25) is 0 Å². The van der Waals surface area contributed by atoms with Crippen LogP contribution in [0, 0.1) is 11.6 Å². The highest BCUT2D eigenvalue weighted by atomic mass is 19.1. The second-order valence-electron chi connectivity index (χ2n) is 8.17. The molecule has 10 nitrogen and oxygen atoms in total. The van der Waals surface area contributed by atoms with Crippen molar-refractivity contribution in [1.29, 1.82) is 0 Å². The zero-order chi connectivity index (χ0) is 26.5. The first-order chi connectivity index (χ1) is 18.5. The molecular weight excluding hydrogens is 498 g/mol. The molecule has 3 aromatic heterocycles. The number of halogens is 2. The average Bonchev–Trinajstić information content (AvgIpc) is 3.59. The number of carbonyl (C=O) groups excluding carboxylic acids is 1. The molecule has 0 saturated heterocycles. The Bertz CT molecular complexity index is 1540. The van der Waals surface area contributed by atoms with E-state index in [0.29, 0.717) is 17.0 Å². The van der Waals surface area contributed by atoms with Crippen molar-refractivity contribution in [2.45, 2.75) is 19.2 Å². The molecule has 0 amide bonds. The number of phenols is 1. The fourth-order valence-electron chi connectivity index (χ4n) is 3.78. The standard InChI is InChI=1S/C26H20F2N6O4/c27-19-4-2-1-3-17(19)14-34-23(21-9-10-38-33-21)12-22(32-34)26-29-13-20(28)25(31-26)30-24(37-15-35)11-16-5-7-18(36)8-6-16/h1-10,12-13,15,24,36H,11,14H2,(H,29,30,31)/t24-/m1/s1. The Morgan fingerprint density at radius 3 is 2.63 bits per heavy atom. The molecule has 12 heteroatoms. The van der Waals surface area contributed by atoms with Crippen LogP contribution in [0.3, 0.4) is 0 Å². The Morgan fingerprint density at radius 2 is 1.89 bits per heavy atom. The molecule has 192 valence electrons. The first kappa shape index (κ1) is 24.6. The summed E-state index contributed by atoms with van der Waals surface area (Å²) >= 11 is 0. The monoisotopic (exact) mass is 518 g/mol. The lowest BCUT2D eigenvalue weighted by Gasteiger charge is -2.18. The highest BCUT2D eigenvalue weighted by Crippen LogP contribution is 2.26. The number of aromatic hydroxyl groups is 1. The second kappa shape index (κ2) is 10.9. The SMILES string of the molecule is O=CO[C@H](Cc1ccc(O)cc1)Nc1nc(-c2cc(-c3ccon3)n(Cc3ccccc3F)n2)ncc1F. The second-order valence-corrected chi connectivity index (χ2v) is 8.17. The van der Waals surface area contributed by atoms with Gasteiger partial charge in [0.25, 0.3) is 6.47 Å². The van der Waals surface area contributed by atoms with Gasteiger partial charge in [-0.15, -0.1) is 0 Å². The summed E-state index contributed by atoms with van der Waals surface area (Å²) in [7, 11) is 0. The molecule has 0 spiro atoms. The molecular formula is C26H20F2N6O4. The Balaban J connectivity index is 1.45. The van der Waals surface area contributed by atoms with Gasteiger partial charge in [0.15, 0.2) is 23.7 Å². The predicted molar refractivity (Wildman–Crippen MR) is 131 cm³/mol. The van der Waals surface area contributed by atoms with Crippen molar-refractivity contribution < 1.29 is 27.9 Å². The lowest BCUT2D eigenvalue weighted by molar-refractivity contribution is -0.132. The van der Waals surface area contributed by atoms with Gasteiger partial charge in [0.1, 0.15) is 29.2 Å². The smallest absolute Gasteiger partial charge is 0.295 e. The number of ether oxygens (including phenoxy) is 1. The van der Waals surface area contributed by atoms with Gasteiger partial charge in [0.2, 0.25) is 0 Å². The van der Waals surface area contributed by atoms with Crippen molar-refractivity contribution >= 4 is 12.3 Å². The molecule has 0 bridgehead atoms. The topological polar surface area (TPSA) is 128 Å². The Kier molecular flexibility index (Phi) is 7.02. The largest absolute Gasteiger partial charge is 0.508 e. The molecule has 0 saturated carbocycles. The van der Waals surface area contributed by atoms with Gasteiger partial charge in [-0.2, -0.15) is 5.10 Å². The predicted octanol–water partition coefficient (Wildman–Crippen LogP) is 4.18. The summed E-state index contributed by atoms with van der Waals surface area (Å²) in [5.41, 5.74) is 2.36. The van der Waals surface area contributed by atoms with Gasteiger partial charge in [0.05, 0.1) is 18.4 Å². The Morgan fingerprint density at radius 1 is 1.08 bits per heavy atom. The summed E-state index contributed by atoms with van der Waals surface area (Å²) in [6.07, 6.45) is 1.58. The fourth-order valence-corrected chi connectivity index (χ4v) is 3.78. The number of hydrogen-bond acceptors (Lipinski definition) is 9. The number of aromatic nitrogens is 5. The molecule has 0 aliphatic carbocycles. The third kappa shape index (κ3) is 5.48. The van der Waals surface area contributed by atoms with Crippen molar-refractivity contribution in [3.8, 4) is 28.7 Å². The minimum absolute atomic E-state index is 0.0698. The van der Waals surface area contributed by atoms with Crippen molar-refractivity contribution in [3.63, 3.8) is 0 Å². The van der Waals surface area contributed by atoms with Crippen LogP contribution in [0.1, 0.15) is 11.1 Å². The Labute approximate surface area is 214 Å². The van der Waals surface area contributed by atoms with Crippen LogP contribution in [0.5, 0.6) is 5.75 Å². The number of hydrogen-bond donors (Lipinski definition) is 2. The fraction of sp³-hybridized carbons (Fsp3) is 0.115. The molecule has 5 rings (SSSR count). The Hall–Kier alpha value is -5.13. The highest BCUT2D eigenvalue weighted by Gasteiger charge is 2.20. The van der Waals surface area contributed by atoms with E-state index in [1.807, 2.05) is 0 Å². The normalized spacial score (nSPS) is 11.7. The lowest BCUT2D eigenvalue weighted by atomic mass is 10.1. The van der Waals surface area contributed by atoms with Gasteiger partial charge >= 0.3 is 0 Å². The third-order valence-corrected chi connectivity index (χ3v) is 5.61. The summed E-state index contributed by atoms with van der Waals surface area (Å²) in [6.45, 7) is 0.329. The van der Waals surface area contributed by atoms with E-state index in [1.165, 1.54) is 29.1 Å². The van der Waals surface area contributed by atoms with Gasteiger partial charge in [-0.05, 0) is 29.8 Å². The van der Waals surface area contributed by atoms with Gasteiger partial charge in [-0.25, -0.2) is 18.7 Å². The van der Waals surface area contributed by atoms with Crippen LogP contribution in [-0.4, -0.2) is 42.7 Å². The van der Waals surface area contributed by atoms with Crippen molar-refractivity contribution in [2.75, 3.05) is 5.32 Å². The molecule has 0 unspecified atom stereocenters. The minimum atomic E-state index is -0.960. The number of phenolic OH excluding ortho intramolecular Hbond substituents is 1. The first-order valence-corrected chi connectivity index (χ1v) is 11.4. The van der Waals surface area contributed by atoms with E-state index in [0.717, 1.165) is 11.8 Å². The maximum absolute atomic E-state index is 14.7. The van der Waals surface area contributed by atoms with Crippen LogP contribution in [0.15, 0.2) is 77.6 Å². The van der Waals surface area contributed by atoms with E-state index < -0.39 is 17.9 Å². The van der Waals surface area contributed by atoms with E-state index >= 15 is 0 Å². The van der Waals surface area contributed by atoms with Crippen LogP contribution >= 0.6 is 0 Å². The summed E-state index contributed by atoms with van der Waals surface area (Å²) in [4.78, 5) is 19.4. The average molecular weight is 518 g/mol. The van der Waals surface area contributed by atoms with Gasteiger partial charge in [0, 0.05) is 18.1 Å². The van der Waals surface area contributed by atoms with E-state index in [2.05, 4.69) is 25.5 Å².